The van der Waals surface area contributed by atoms with Crippen LogP contribution in [0.1, 0.15) is 11.3 Å². The van der Waals surface area contributed by atoms with Crippen molar-refractivity contribution >= 4 is 17.6 Å². The second kappa shape index (κ2) is 5.14. The Morgan fingerprint density at radius 3 is 2.67 bits per heavy atom. The predicted molar refractivity (Wildman–Crippen MR) is 71.0 cm³/mol. The summed E-state index contributed by atoms with van der Waals surface area (Å²) in [6, 6.07) is 9.90. The average Bonchev–Trinajstić information content (AvgIpc) is 2.65. The second-order valence-corrected chi connectivity index (χ2v) is 4.85. The summed E-state index contributed by atoms with van der Waals surface area (Å²) in [6.07, 6.45) is 0. The first-order chi connectivity index (χ1) is 8.63. The van der Waals surface area contributed by atoms with Crippen LogP contribution in [0.5, 0.6) is 0 Å². The van der Waals surface area contributed by atoms with Crippen molar-refractivity contribution in [1.29, 1.82) is 0 Å². The molecule has 0 radical (unpaired) electrons. The van der Waals surface area contributed by atoms with Crippen LogP contribution in [0.4, 0.5) is 0 Å². The van der Waals surface area contributed by atoms with Gasteiger partial charge in [-0.3, -0.25) is 4.68 Å². The first kappa shape index (κ1) is 12.5. The Kier molecular flexibility index (Phi) is 3.57. The smallest absolute Gasteiger partial charge is 0.174 e. The zero-order valence-corrected chi connectivity index (χ0v) is 11.0. The molecule has 6 heteroatoms. The van der Waals surface area contributed by atoms with E-state index in [2.05, 4.69) is 10.3 Å². The minimum absolute atomic E-state index is 0.0824. The molecule has 1 heterocycles. The van der Waals surface area contributed by atoms with Crippen LogP contribution in [0.3, 0.4) is 0 Å². The number of benzene rings is 1. The van der Waals surface area contributed by atoms with Crippen molar-refractivity contribution in [2.45, 2.75) is 16.8 Å². The van der Waals surface area contributed by atoms with Crippen LogP contribution in [-0.4, -0.2) is 20.8 Å². The Morgan fingerprint density at radius 2 is 2.06 bits per heavy atom. The number of amidine groups is 1. The number of aromatic nitrogens is 2. The number of rotatable bonds is 3. The molecule has 5 nitrogen and oxygen atoms in total. The molecule has 0 fully saturated rings. The standard InChI is InChI=1S/C12H14N4OS/c1-8-10(11(13)15-17)12(16(2)14-8)18-9-6-4-3-5-7-9/h3-7,17H,1-2H3,(H2,13,15). The summed E-state index contributed by atoms with van der Waals surface area (Å²) < 4.78 is 1.74. The van der Waals surface area contributed by atoms with Crippen molar-refractivity contribution in [3.8, 4) is 0 Å². The number of oxime groups is 1. The van der Waals surface area contributed by atoms with Gasteiger partial charge in [-0.15, -0.1) is 0 Å². The van der Waals surface area contributed by atoms with E-state index < -0.39 is 0 Å². The van der Waals surface area contributed by atoms with Crippen LogP contribution < -0.4 is 5.73 Å². The summed E-state index contributed by atoms with van der Waals surface area (Å²) in [4.78, 5) is 1.08. The Bertz CT molecular complexity index is 577. The van der Waals surface area contributed by atoms with Gasteiger partial charge < -0.3 is 10.9 Å². The number of aryl methyl sites for hydroxylation is 2. The quantitative estimate of drug-likeness (QED) is 0.384. The zero-order valence-electron chi connectivity index (χ0n) is 10.2. The van der Waals surface area contributed by atoms with E-state index in [4.69, 9.17) is 10.9 Å². The molecule has 2 rings (SSSR count). The molecule has 0 aliphatic rings. The predicted octanol–water partition coefficient (Wildman–Crippen LogP) is 1.97. The van der Waals surface area contributed by atoms with Gasteiger partial charge in [0.1, 0.15) is 5.03 Å². The summed E-state index contributed by atoms with van der Waals surface area (Å²) in [6.45, 7) is 1.84. The number of nitrogens with zero attached hydrogens (tertiary/aromatic N) is 3. The van der Waals surface area contributed by atoms with Crippen LogP contribution in [0.25, 0.3) is 0 Å². The van der Waals surface area contributed by atoms with Gasteiger partial charge in [-0.05, 0) is 19.1 Å². The molecule has 0 unspecified atom stereocenters. The molecule has 2 aromatic rings. The lowest BCUT2D eigenvalue weighted by atomic mass is 10.2. The van der Waals surface area contributed by atoms with Gasteiger partial charge in [0.2, 0.25) is 0 Å². The highest BCUT2D eigenvalue weighted by Crippen LogP contribution is 2.31. The number of nitrogens with two attached hydrogens (primary N) is 1. The highest BCUT2D eigenvalue weighted by molar-refractivity contribution is 7.99. The fraction of sp³-hybridized carbons (Fsp3) is 0.167. The van der Waals surface area contributed by atoms with Gasteiger partial charge in [-0.25, -0.2) is 0 Å². The minimum Gasteiger partial charge on any atom is -0.409 e. The van der Waals surface area contributed by atoms with Gasteiger partial charge in [-0.1, -0.05) is 35.1 Å². The van der Waals surface area contributed by atoms with Crippen molar-refractivity contribution in [2.75, 3.05) is 0 Å². The van der Waals surface area contributed by atoms with Crippen molar-refractivity contribution in [3.05, 3.63) is 41.6 Å². The lowest BCUT2D eigenvalue weighted by Gasteiger charge is -2.05. The third kappa shape index (κ3) is 2.33. The Morgan fingerprint density at radius 1 is 1.39 bits per heavy atom. The van der Waals surface area contributed by atoms with Crippen LogP contribution in [0.15, 0.2) is 45.4 Å². The molecule has 3 N–H and O–H groups in total. The lowest BCUT2D eigenvalue weighted by Crippen LogP contribution is -2.14. The molecule has 0 saturated carbocycles. The number of hydrogen-bond acceptors (Lipinski definition) is 4. The molecule has 0 aliphatic heterocycles. The van der Waals surface area contributed by atoms with Crippen molar-refractivity contribution in [3.63, 3.8) is 0 Å². The Labute approximate surface area is 109 Å². The Balaban J connectivity index is 2.45. The van der Waals surface area contributed by atoms with E-state index in [1.165, 1.54) is 11.8 Å². The van der Waals surface area contributed by atoms with Gasteiger partial charge >= 0.3 is 0 Å². The van der Waals surface area contributed by atoms with E-state index in [0.29, 0.717) is 5.56 Å². The van der Waals surface area contributed by atoms with E-state index in [1.54, 1.807) is 4.68 Å². The van der Waals surface area contributed by atoms with Crippen LogP contribution in [0.2, 0.25) is 0 Å². The van der Waals surface area contributed by atoms with Gasteiger partial charge in [0.05, 0.1) is 11.3 Å². The lowest BCUT2D eigenvalue weighted by molar-refractivity contribution is 0.318. The normalized spacial score (nSPS) is 11.8. The fourth-order valence-corrected chi connectivity index (χ4v) is 2.74. The second-order valence-electron chi connectivity index (χ2n) is 3.79. The van der Waals surface area contributed by atoms with Crippen LogP contribution in [-0.2, 0) is 7.05 Å². The fourth-order valence-electron chi connectivity index (χ4n) is 1.70. The Hall–Kier alpha value is -1.95. The van der Waals surface area contributed by atoms with E-state index >= 15 is 0 Å². The monoisotopic (exact) mass is 262 g/mol. The largest absolute Gasteiger partial charge is 0.409 e. The molecule has 1 aromatic carbocycles. The van der Waals surface area contributed by atoms with Gasteiger partial charge in [0.15, 0.2) is 5.84 Å². The molecular formula is C12H14N4OS. The maximum atomic E-state index is 8.83. The van der Waals surface area contributed by atoms with E-state index in [1.807, 2.05) is 44.3 Å². The van der Waals surface area contributed by atoms with Crippen molar-refractivity contribution < 1.29 is 5.21 Å². The van der Waals surface area contributed by atoms with Crippen molar-refractivity contribution in [1.82, 2.24) is 9.78 Å². The minimum atomic E-state index is 0.0824. The third-order valence-electron chi connectivity index (χ3n) is 2.49. The molecule has 0 amide bonds. The summed E-state index contributed by atoms with van der Waals surface area (Å²) in [7, 11) is 1.84. The third-order valence-corrected chi connectivity index (χ3v) is 3.66. The highest BCUT2D eigenvalue weighted by atomic mass is 32.2. The summed E-state index contributed by atoms with van der Waals surface area (Å²) in [5.74, 6) is 0.0824. The van der Waals surface area contributed by atoms with Gasteiger partial charge in [0.25, 0.3) is 0 Å². The van der Waals surface area contributed by atoms with Crippen LogP contribution in [0, 0.1) is 6.92 Å². The molecule has 0 aliphatic carbocycles. The van der Waals surface area contributed by atoms with Crippen LogP contribution >= 0.6 is 11.8 Å². The van der Waals surface area contributed by atoms with E-state index in [-0.39, 0.29) is 5.84 Å². The van der Waals surface area contributed by atoms with Crippen molar-refractivity contribution in [2.24, 2.45) is 17.9 Å². The molecular weight excluding hydrogens is 248 g/mol. The molecule has 0 bridgehead atoms. The van der Waals surface area contributed by atoms with Gasteiger partial charge in [0, 0.05) is 11.9 Å². The van der Waals surface area contributed by atoms with E-state index in [0.717, 1.165) is 15.6 Å². The topological polar surface area (TPSA) is 76.4 Å². The molecule has 0 spiro atoms. The summed E-state index contributed by atoms with van der Waals surface area (Å²) in [5, 5.41) is 17.0. The molecule has 0 atom stereocenters. The van der Waals surface area contributed by atoms with Gasteiger partial charge in [-0.2, -0.15) is 5.10 Å². The average molecular weight is 262 g/mol. The zero-order chi connectivity index (χ0) is 13.1. The first-order valence-electron chi connectivity index (χ1n) is 5.38. The molecule has 1 aromatic heterocycles. The number of hydrogen-bond donors (Lipinski definition) is 2. The maximum absolute atomic E-state index is 8.83. The molecule has 18 heavy (non-hydrogen) atoms. The molecule has 94 valence electrons. The highest BCUT2D eigenvalue weighted by Gasteiger charge is 2.17. The SMILES string of the molecule is Cc1nn(C)c(Sc2ccccc2)c1C(N)=NO. The summed E-state index contributed by atoms with van der Waals surface area (Å²) >= 11 is 1.53. The summed E-state index contributed by atoms with van der Waals surface area (Å²) in [5.41, 5.74) is 7.11. The molecule has 0 saturated heterocycles. The first-order valence-corrected chi connectivity index (χ1v) is 6.19. The maximum Gasteiger partial charge on any atom is 0.174 e. The van der Waals surface area contributed by atoms with E-state index in [9.17, 15) is 0 Å².